The van der Waals surface area contributed by atoms with Crippen LogP contribution in [0, 0.1) is 0 Å². The summed E-state index contributed by atoms with van der Waals surface area (Å²) in [5.74, 6) is 1.13. The number of Topliss-reactive ketones (excluding diaryl/α,β-unsaturated/α-hetero) is 1. The SMILES string of the molecule is CCOc1cccc2c1CCC2=O. The van der Waals surface area contributed by atoms with Crippen molar-refractivity contribution in [1.82, 2.24) is 0 Å². The van der Waals surface area contributed by atoms with E-state index < -0.39 is 0 Å². The number of fused-ring (bicyclic) bond motifs is 1. The molecule has 2 rings (SSSR count). The molecule has 0 unspecified atom stereocenters. The lowest BCUT2D eigenvalue weighted by molar-refractivity contribution is 0.0994. The zero-order valence-electron chi connectivity index (χ0n) is 7.67. The lowest BCUT2D eigenvalue weighted by atomic mass is 10.1. The number of carbonyl (C=O) groups is 1. The van der Waals surface area contributed by atoms with E-state index in [2.05, 4.69) is 0 Å². The summed E-state index contributed by atoms with van der Waals surface area (Å²) in [6.45, 7) is 2.61. The molecule has 1 aliphatic carbocycles. The van der Waals surface area contributed by atoms with E-state index in [1.54, 1.807) is 0 Å². The second kappa shape index (κ2) is 3.21. The number of carbonyl (C=O) groups excluding carboxylic acids is 1. The van der Waals surface area contributed by atoms with Crippen molar-refractivity contribution >= 4 is 5.78 Å². The highest BCUT2D eigenvalue weighted by Crippen LogP contribution is 2.30. The van der Waals surface area contributed by atoms with E-state index in [1.165, 1.54) is 0 Å². The van der Waals surface area contributed by atoms with Gasteiger partial charge in [0.2, 0.25) is 0 Å². The number of benzene rings is 1. The van der Waals surface area contributed by atoms with Crippen LogP contribution in [0.1, 0.15) is 29.3 Å². The van der Waals surface area contributed by atoms with Crippen molar-refractivity contribution in [2.75, 3.05) is 6.61 Å². The number of hydrogen-bond acceptors (Lipinski definition) is 2. The molecular formula is C11H12O2. The highest BCUT2D eigenvalue weighted by molar-refractivity contribution is 6.01. The van der Waals surface area contributed by atoms with Crippen molar-refractivity contribution in [2.24, 2.45) is 0 Å². The quantitative estimate of drug-likeness (QED) is 0.690. The maximum absolute atomic E-state index is 11.4. The van der Waals surface area contributed by atoms with Crippen LogP contribution in [-0.2, 0) is 6.42 Å². The molecule has 0 fully saturated rings. The Bertz CT molecular complexity index is 342. The normalized spacial score (nSPS) is 14.4. The molecule has 68 valence electrons. The van der Waals surface area contributed by atoms with E-state index in [4.69, 9.17) is 4.74 Å². The van der Waals surface area contributed by atoms with Gasteiger partial charge in [0.25, 0.3) is 0 Å². The molecule has 1 aromatic rings. The first kappa shape index (κ1) is 8.30. The maximum Gasteiger partial charge on any atom is 0.163 e. The van der Waals surface area contributed by atoms with Crippen LogP contribution < -0.4 is 4.74 Å². The van der Waals surface area contributed by atoms with Gasteiger partial charge in [-0.3, -0.25) is 4.79 Å². The summed E-state index contributed by atoms with van der Waals surface area (Å²) < 4.78 is 5.44. The molecule has 1 aliphatic rings. The summed E-state index contributed by atoms with van der Waals surface area (Å²) in [6, 6.07) is 5.70. The van der Waals surface area contributed by atoms with Crippen LogP contribution in [-0.4, -0.2) is 12.4 Å². The number of ketones is 1. The van der Waals surface area contributed by atoms with Gasteiger partial charge >= 0.3 is 0 Å². The van der Waals surface area contributed by atoms with Crippen molar-refractivity contribution in [2.45, 2.75) is 19.8 Å². The Kier molecular flexibility index (Phi) is 2.05. The van der Waals surface area contributed by atoms with Crippen LogP contribution >= 0.6 is 0 Å². The molecule has 0 aromatic heterocycles. The number of hydrogen-bond donors (Lipinski definition) is 0. The van der Waals surface area contributed by atoms with Crippen LogP contribution in [0.2, 0.25) is 0 Å². The van der Waals surface area contributed by atoms with Gasteiger partial charge < -0.3 is 4.74 Å². The summed E-state index contributed by atoms with van der Waals surface area (Å²) in [6.07, 6.45) is 1.48. The Hall–Kier alpha value is -1.31. The van der Waals surface area contributed by atoms with Gasteiger partial charge in [0, 0.05) is 17.5 Å². The Morgan fingerprint density at radius 1 is 1.38 bits per heavy atom. The van der Waals surface area contributed by atoms with Gasteiger partial charge in [0.05, 0.1) is 6.61 Å². The maximum atomic E-state index is 11.4. The molecule has 0 saturated heterocycles. The highest BCUT2D eigenvalue weighted by atomic mass is 16.5. The van der Waals surface area contributed by atoms with E-state index >= 15 is 0 Å². The molecule has 0 saturated carbocycles. The summed E-state index contributed by atoms with van der Waals surface area (Å²) in [7, 11) is 0. The van der Waals surface area contributed by atoms with E-state index in [9.17, 15) is 4.79 Å². The Morgan fingerprint density at radius 2 is 2.23 bits per heavy atom. The van der Waals surface area contributed by atoms with Crippen molar-refractivity contribution < 1.29 is 9.53 Å². The predicted octanol–water partition coefficient (Wildman–Crippen LogP) is 2.21. The van der Waals surface area contributed by atoms with Gasteiger partial charge in [-0.05, 0) is 19.4 Å². The Labute approximate surface area is 77.5 Å². The molecule has 0 atom stereocenters. The molecule has 2 heteroatoms. The van der Waals surface area contributed by atoms with Gasteiger partial charge in [-0.1, -0.05) is 12.1 Å². The average molecular weight is 176 g/mol. The van der Waals surface area contributed by atoms with Crippen LogP contribution in [0.3, 0.4) is 0 Å². The fraction of sp³-hybridized carbons (Fsp3) is 0.364. The van der Waals surface area contributed by atoms with E-state index in [1.807, 2.05) is 25.1 Å². The minimum Gasteiger partial charge on any atom is -0.494 e. The molecular weight excluding hydrogens is 164 g/mol. The molecule has 0 heterocycles. The van der Waals surface area contributed by atoms with E-state index in [0.29, 0.717) is 13.0 Å². The molecule has 0 radical (unpaired) electrons. The first-order valence-electron chi connectivity index (χ1n) is 4.61. The van der Waals surface area contributed by atoms with Gasteiger partial charge in [0.15, 0.2) is 5.78 Å². The zero-order chi connectivity index (χ0) is 9.26. The van der Waals surface area contributed by atoms with Gasteiger partial charge in [-0.15, -0.1) is 0 Å². The van der Waals surface area contributed by atoms with E-state index in [0.717, 1.165) is 23.3 Å². The molecule has 0 amide bonds. The van der Waals surface area contributed by atoms with Crippen LogP contribution in [0.15, 0.2) is 18.2 Å². The summed E-state index contributed by atoms with van der Waals surface area (Å²) in [5, 5.41) is 0. The Balaban J connectivity index is 2.44. The molecule has 0 bridgehead atoms. The van der Waals surface area contributed by atoms with Crippen molar-refractivity contribution in [3.8, 4) is 5.75 Å². The third-order valence-electron chi connectivity index (χ3n) is 2.34. The van der Waals surface area contributed by atoms with Gasteiger partial charge in [-0.25, -0.2) is 0 Å². The third kappa shape index (κ3) is 1.32. The minimum absolute atomic E-state index is 0.247. The lowest BCUT2D eigenvalue weighted by Gasteiger charge is -2.07. The standard InChI is InChI=1S/C11H12O2/c1-2-13-11-5-3-4-8-9(11)6-7-10(8)12/h3-5H,2,6-7H2,1H3. The van der Waals surface area contributed by atoms with Crippen molar-refractivity contribution in [3.05, 3.63) is 29.3 Å². The van der Waals surface area contributed by atoms with Gasteiger partial charge in [-0.2, -0.15) is 0 Å². The first-order chi connectivity index (χ1) is 6.33. The highest BCUT2D eigenvalue weighted by Gasteiger charge is 2.22. The number of rotatable bonds is 2. The van der Waals surface area contributed by atoms with E-state index in [-0.39, 0.29) is 5.78 Å². The van der Waals surface area contributed by atoms with Crippen LogP contribution in [0.4, 0.5) is 0 Å². The predicted molar refractivity (Wildman–Crippen MR) is 50.3 cm³/mol. The average Bonchev–Trinajstić information content (AvgIpc) is 2.50. The summed E-state index contributed by atoms with van der Waals surface area (Å²) in [4.78, 5) is 11.4. The molecule has 1 aromatic carbocycles. The Morgan fingerprint density at radius 3 is 3.00 bits per heavy atom. The fourth-order valence-electron chi connectivity index (χ4n) is 1.75. The minimum atomic E-state index is 0.247. The van der Waals surface area contributed by atoms with Crippen LogP contribution in [0.5, 0.6) is 5.75 Å². The van der Waals surface area contributed by atoms with Crippen molar-refractivity contribution in [1.29, 1.82) is 0 Å². The molecule has 13 heavy (non-hydrogen) atoms. The third-order valence-corrected chi connectivity index (χ3v) is 2.34. The van der Waals surface area contributed by atoms with Crippen LogP contribution in [0.25, 0.3) is 0 Å². The molecule has 2 nitrogen and oxygen atoms in total. The topological polar surface area (TPSA) is 26.3 Å². The summed E-state index contributed by atoms with van der Waals surface area (Å²) in [5.41, 5.74) is 1.94. The first-order valence-corrected chi connectivity index (χ1v) is 4.61. The smallest absolute Gasteiger partial charge is 0.163 e. The summed E-state index contributed by atoms with van der Waals surface area (Å²) >= 11 is 0. The molecule has 0 N–H and O–H groups in total. The molecule has 0 aliphatic heterocycles. The second-order valence-electron chi connectivity index (χ2n) is 3.14. The number of ether oxygens (including phenoxy) is 1. The monoisotopic (exact) mass is 176 g/mol. The second-order valence-corrected chi connectivity index (χ2v) is 3.14. The zero-order valence-corrected chi connectivity index (χ0v) is 7.67. The van der Waals surface area contributed by atoms with Crippen molar-refractivity contribution in [3.63, 3.8) is 0 Å². The fourth-order valence-corrected chi connectivity index (χ4v) is 1.75. The lowest BCUT2D eigenvalue weighted by Crippen LogP contribution is -1.96. The molecule has 0 spiro atoms. The van der Waals surface area contributed by atoms with Gasteiger partial charge in [0.1, 0.15) is 5.75 Å². The largest absolute Gasteiger partial charge is 0.494 e.